The Morgan fingerprint density at radius 2 is 2.05 bits per heavy atom. The summed E-state index contributed by atoms with van der Waals surface area (Å²) in [6.07, 6.45) is -10.5. The molecule has 0 amide bonds. The van der Waals surface area contributed by atoms with Crippen LogP contribution < -0.4 is 0 Å². The molecule has 0 aromatic carbocycles. The Hall–Kier alpha value is -0.960. The van der Waals surface area contributed by atoms with Crippen LogP contribution in [0.5, 0.6) is 0 Å². The number of hydrogen-bond acceptors (Lipinski definition) is 4. The quantitative estimate of drug-likeness (QED) is 0.639. The highest BCUT2D eigenvalue weighted by Crippen LogP contribution is 2.51. The van der Waals surface area contributed by atoms with Crippen molar-refractivity contribution < 1.29 is 41.3 Å². The Morgan fingerprint density at radius 3 is 2.52 bits per heavy atom. The van der Waals surface area contributed by atoms with E-state index in [1.54, 1.807) is 6.92 Å². The van der Waals surface area contributed by atoms with Gasteiger partial charge in [-0.1, -0.05) is 13.8 Å². The van der Waals surface area contributed by atoms with E-state index in [1.165, 1.54) is 6.92 Å². The maximum atomic E-state index is 13.4. The number of alkyl halides is 5. The van der Waals surface area contributed by atoms with Gasteiger partial charge >= 0.3 is 18.3 Å². The highest BCUT2D eigenvalue weighted by Gasteiger charge is 2.75. The molecule has 0 aromatic rings. The molecule has 0 bridgehead atoms. The number of aliphatic hydroxyl groups is 1. The summed E-state index contributed by atoms with van der Waals surface area (Å²) < 4.78 is 73.8. The van der Waals surface area contributed by atoms with Crippen LogP contribution in [-0.2, 0) is 14.3 Å². The molecule has 3 atom stereocenters. The van der Waals surface area contributed by atoms with Crippen molar-refractivity contribution in [3.63, 3.8) is 0 Å². The summed E-state index contributed by atoms with van der Waals surface area (Å²) in [4.78, 5) is 11.4. The number of hydrogen-bond donors (Lipinski definition) is 1. The second-order valence-electron chi connectivity index (χ2n) is 5.05. The first-order valence-electron chi connectivity index (χ1n) is 6.44. The average Bonchev–Trinajstić information content (AvgIpc) is 2.37. The zero-order valence-electron chi connectivity index (χ0n) is 11.5. The third kappa shape index (κ3) is 3.28. The van der Waals surface area contributed by atoms with E-state index in [9.17, 15) is 31.9 Å². The molecule has 4 nitrogen and oxygen atoms in total. The average molecular weight is 320 g/mol. The molecule has 1 rings (SSSR count). The molecule has 124 valence electrons. The molecule has 1 saturated heterocycles. The van der Waals surface area contributed by atoms with Crippen molar-refractivity contribution in [2.45, 2.75) is 44.6 Å². The van der Waals surface area contributed by atoms with Gasteiger partial charge in [-0.05, 0) is 12.8 Å². The molecule has 1 aliphatic rings. The Kier molecular flexibility index (Phi) is 5.20. The first-order chi connectivity index (χ1) is 9.47. The summed E-state index contributed by atoms with van der Waals surface area (Å²) in [5.41, 5.74) is -4.38. The van der Waals surface area contributed by atoms with E-state index in [1.807, 2.05) is 0 Å². The van der Waals surface area contributed by atoms with Crippen LogP contribution in [0, 0.1) is 11.8 Å². The Bertz CT molecular complexity index is 384. The van der Waals surface area contributed by atoms with Crippen molar-refractivity contribution in [2.24, 2.45) is 11.8 Å². The van der Waals surface area contributed by atoms with Crippen LogP contribution >= 0.6 is 0 Å². The lowest BCUT2D eigenvalue weighted by Gasteiger charge is -2.44. The fourth-order valence-corrected chi connectivity index (χ4v) is 1.98. The molecule has 0 aliphatic carbocycles. The molecule has 1 fully saturated rings. The summed E-state index contributed by atoms with van der Waals surface area (Å²) >= 11 is 0. The maximum absolute atomic E-state index is 13.4. The first-order valence-corrected chi connectivity index (χ1v) is 6.44. The van der Waals surface area contributed by atoms with Gasteiger partial charge in [-0.3, -0.25) is 4.79 Å². The van der Waals surface area contributed by atoms with Gasteiger partial charge in [0.15, 0.2) is 0 Å². The minimum atomic E-state index is -5.62. The Balaban J connectivity index is 2.91. The van der Waals surface area contributed by atoms with E-state index >= 15 is 0 Å². The molecule has 1 N–H and O–H groups in total. The van der Waals surface area contributed by atoms with Gasteiger partial charge in [0.2, 0.25) is 0 Å². The zero-order valence-corrected chi connectivity index (χ0v) is 11.5. The van der Waals surface area contributed by atoms with Crippen LogP contribution in [0.1, 0.15) is 26.7 Å². The second kappa shape index (κ2) is 6.04. The summed E-state index contributed by atoms with van der Waals surface area (Å²) in [6, 6.07) is 0. The smallest absolute Gasteiger partial charge is 0.426 e. The van der Waals surface area contributed by atoms with Crippen LogP contribution in [0.15, 0.2) is 0 Å². The van der Waals surface area contributed by atoms with E-state index in [0.717, 1.165) is 0 Å². The fourth-order valence-electron chi connectivity index (χ4n) is 1.98. The molecule has 3 unspecified atom stereocenters. The van der Waals surface area contributed by atoms with E-state index in [0.29, 0.717) is 6.42 Å². The largest absolute Gasteiger partial charge is 0.465 e. The molecule has 0 saturated carbocycles. The van der Waals surface area contributed by atoms with Crippen molar-refractivity contribution in [3.8, 4) is 0 Å². The Labute approximate surface area is 118 Å². The van der Waals surface area contributed by atoms with Crippen LogP contribution in [0.25, 0.3) is 0 Å². The summed E-state index contributed by atoms with van der Waals surface area (Å²) in [7, 11) is 0. The van der Waals surface area contributed by atoms with E-state index in [-0.39, 0.29) is 0 Å². The minimum Gasteiger partial charge on any atom is -0.465 e. The highest BCUT2D eigenvalue weighted by molar-refractivity contribution is 5.71. The molecule has 1 aliphatic heterocycles. The van der Waals surface area contributed by atoms with Gasteiger partial charge in [0.1, 0.15) is 0 Å². The minimum absolute atomic E-state index is 0.395. The van der Waals surface area contributed by atoms with Gasteiger partial charge in [0.25, 0.3) is 5.60 Å². The predicted molar refractivity (Wildman–Crippen MR) is 60.4 cm³/mol. The topological polar surface area (TPSA) is 55.8 Å². The van der Waals surface area contributed by atoms with Gasteiger partial charge in [-0.2, -0.15) is 22.0 Å². The molecular formula is C12H17F5O4. The molecule has 9 heteroatoms. The molecule has 21 heavy (non-hydrogen) atoms. The van der Waals surface area contributed by atoms with Crippen molar-refractivity contribution in [2.75, 3.05) is 13.2 Å². The Morgan fingerprint density at radius 1 is 1.48 bits per heavy atom. The van der Waals surface area contributed by atoms with Crippen LogP contribution in [0.3, 0.4) is 0 Å². The molecule has 1 heterocycles. The van der Waals surface area contributed by atoms with Gasteiger partial charge in [0.05, 0.1) is 19.1 Å². The van der Waals surface area contributed by atoms with Gasteiger partial charge in [0, 0.05) is 5.92 Å². The van der Waals surface area contributed by atoms with Crippen LogP contribution in [0.2, 0.25) is 0 Å². The van der Waals surface area contributed by atoms with E-state index in [4.69, 9.17) is 0 Å². The van der Waals surface area contributed by atoms with Gasteiger partial charge in [-0.15, -0.1) is 0 Å². The third-order valence-electron chi connectivity index (χ3n) is 3.66. The summed E-state index contributed by atoms with van der Waals surface area (Å²) in [5.74, 6) is -3.35. The van der Waals surface area contributed by atoms with E-state index in [2.05, 4.69) is 9.47 Å². The monoisotopic (exact) mass is 320 g/mol. The molecule has 0 radical (unpaired) electrons. The molecule has 0 spiro atoms. The van der Waals surface area contributed by atoms with Gasteiger partial charge in [-0.25, -0.2) is 0 Å². The highest BCUT2D eigenvalue weighted by atomic mass is 19.4. The zero-order chi connectivity index (χ0) is 16.5. The number of ether oxygens (including phenoxy) is 2. The van der Waals surface area contributed by atoms with Crippen molar-refractivity contribution in [1.29, 1.82) is 0 Å². The maximum Gasteiger partial charge on any atom is 0.426 e. The molecule has 0 aromatic heterocycles. The van der Waals surface area contributed by atoms with E-state index < -0.39 is 55.3 Å². The number of halogens is 5. The lowest BCUT2D eigenvalue weighted by Crippen LogP contribution is -2.67. The fraction of sp³-hybridized carbons (Fsp3) is 0.917. The lowest BCUT2D eigenvalue weighted by molar-refractivity contribution is -0.437. The van der Waals surface area contributed by atoms with Crippen molar-refractivity contribution in [1.82, 2.24) is 0 Å². The third-order valence-corrected chi connectivity index (χ3v) is 3.66. The van der Waals surface area contributed by atoms with Crippen molar-refractivity contribution >= 4 is 5.97 Å². The van der Waals surface area contributed by atoms with Crippen LogP contribution in [-0.4, -0.2) is 42.2 Å². The lowest BCUT2D eigenvalue weighted by atomic mass is 9.82. The predicted octanol–water partition coefficient (Wildman–Crippen LogP) is 2.50. The first kappa shape index (κ1) is 18.1. The number of esters is 1. The molecular weight excluding hydrogens is 303 g/mol. The SMILES string of the molecule is CCC(C)C(=O)OCC1CCOC(F)(F)C1(O)C(F)(F)F. The number of carbonyl (C=O) groups is 1. The van der Waals surface area contributed by atoms with Crippen molar-refractivity contribution in [3.05, 3.63) is 0 Å². The number of carbonyl (C=O) groups excluding carboxylic acids is 1. The standard InChI is InChI=1S/C12H17F5O4/c1-3-7(2)9(18)20-6-8-4-5-21-12(16,17)10(8,19)11(13,14)15/h7-8,19H,3-6H2,1-2H3. The van der Waals surface area contributed by atoms with Crippen LogP contribution in [0.4, 0.5) is 22.0 Å². The van der Waals surface area contributed by atoms with Gasteiger partial charge < -0.3 is 14.6 Å². The number of rotatable bonds is 4. The summed E-state index contributed by atoms with van der Waals surface area (Å²) in [5, 5.41) is 9.51. The normalized spacial score (nSPS) is 30.8. The summed E-state index contributed by atoms with van der Waals surface area (Å²) in [6.45, 7) is 1.55. The second-order valence-corrected chi connectivity index (χ2v) is 5.05.